The van der Waals surface area contributed by atoms with Crippen LogP contribution in [0.4, 0.5) is 0 Å². The monoisotopic (exact) mass is 587 g/mol. The summed E-state index contributed by atoms with van der Waals surface area (Å²) in [6.07, 6.45) is 3.21. The molecule has 0 radical (unpaired) electrons. The largest absolute Gasteiger partial charge is 0.395 e. The lowest BCUT2D eigenvalue weighted by Gasteiger charge is -2.42. The minimum absolute atomic E-state index is 0.0121. The van der Waals surface area contributed by atoms with Gasteiger partial charge < -0.3 is 24.5 Å². The number of carbonyl (C=O) groups excluding carboxylic acids is 3. The van der Waals surface area contributed by atoms with Crippen LogP contribution in [0.25, 0.3) is 0 Å². The molecule has 3 amide bonds. The number of hydrogen-bond donors (Lipinski definition) is 1. The first-order chi connectivity index (χ1) is 18.0. The standard InChI is InChI=1S/C29H38BrN3O5/c1-6-13-31(18-19-11-9-8-10-12-19)25(35)21-22-26(36)32(15-16-34)24(29(22)17-20(30)23(21)38-29)27(37)33(14-7-2)28(3,4)5/h6-12,20-24,34H,1-2,13-18H2,3-5H3/t20?,21-,22-,23-,24?,29?/m0/s1. The van der Waals surface area contributed by atoms with Gasteiger partial charge in [0.15, 0.2) is 0 Å². The van der Waals surface area contributed by atoms with Crippen molar-refractivity contribution in [1.29, 1.82) is 0 Å². The van der Waals surface area contributed by atoms with Crippen molar-refractivity contribution in [3.8, 4) is 0 Å². The molecule has 3 aliphatic heterocycles. The van der Waals surface area contributed by atoms with E-state index < -0.39 is 35.1 Å². The van der Waals surface area contributed by atoms with E-state index in [0.29, 0.717) is 26.1 Å². The molecule has 38 heavy (non-hydrogen) atoms. The summed E-state index contributed by atoms with van der Waals surface area (Å²) in [5.41, 5.74) is -0.737. The third-order valence-corrected chi connectivity index (χ3v) is 8.76. The van der Waals surface area contributed by atoms with Gasteiger partial charge in [-0.2, -0.15) is 0 Å². The molecule has 3 unspecified atom stereocenters. The van der Waals surface area contributed by atoms with Crippen LogP contribution in [-0.4, -0.2) is 91.9 Å². The summed E-state index contributed by atoms with van der Waals surface area (Å²) in [6.45, 7) is 14.1. The molecule has 0 aromatic heterocycles. The smallest absolute Gasteiger partial charge is 0.249 e. The zero-order valence-corrected chi connectivity index (χ0v) is 24.0. The maximum atomic E-state index is 14.2. The second-order valence-electron chi connectivity index (χ2n) is 11.3. The van der Waals surface area contributed by atoms with E-state index in [9.17, 15) is 19.5 Å². The molecule has 0 saturated carbocycles. The number of likely N-dealkylation sites (tertiary alicyclic amines) is 1. The van der Waals surface area contributed by atoms with Gasteiger partial charge in [-0.05, 0) is 32.8 Å². The van der Waals surface area contributed by atoms with E-state index >= 15 is 0 Å². The molecule has 2 bridgehead atoms. The molecule has 1 spiro atoms. The van der Waals surface area contributed by atoms with Gasteiger partial charge in [0.2, 0.25) is 17.7 Å². The number of benzene rings is 1. The topological polar surface area (TPSA) is 90.4 Å². The normalized spacial score (nSPS) is 29.8. The summed E-state index contributed by atoms with van der Waals surface area (Å²) in [5, 5.41) is 9.85. The minimum Gasteiger partial charge on any atom is -0.395 e. The van der Waals surface area contributed by atoms with Crippen LogP contribution in [0.15, 0.2) is 55.6 Å². The number of β-amino-alcohol motifs (C(OH)–C–C–N with tert-alkyl or cyclic N) is 1. The lowest BCUT2D eigenvalue weighted by Crippen LogP contribution is -2.60. The van der Waals surface area contributed by atoms with Crippen LogP contribution in [0.5, 0.6) is 0 Å². The summed E-state index contributed by atoms with van der Waals surface area (Å²) in [5.74, 6) is -2.35. The van der Waals surface area contributed by atoms with Crippen molar-refractivity contribution in [2.75, 3.05) is 26.2 Å². The summed E-state index contributed by atoms with van der Waals surface area (Å²) in [7, 11) is 0. The van der Waals surface area contributed by atoms with E-state index in [0.717, 1.165) is 5.56 Å². The maximum absolute atomic E-state index is 14.2. The molecule has 3 saturated heterocycles. The van der Waals surface area contributed by atoms with Gasteiger partial charge in [-0.15, -0.1) is 13.2 Å². The highest BCUT2D eigenvalue weighted by Gasteiger charge is 2.77. The number of aliphatic hydroxyl groups is 1. The number of carbonyl (C=O) groups is 3. The zero-order chi connectivity index (χ0) is 27.8. The quantitative estimate of drug-likeness (QED) is 0.336. The van der Waals surface area contributed by atoms with Crippen molar-refractivity contribution in [3.63, 3.8) is 0 Å². The molecule has 1 N–H and O–H groups in total. The van der Waals surface area contributed by atoms with Crippen molar-refractivity contribution in [2.45, 2.75) is 61.8 Å². The van der Waals surface area contributed by atoms with Gasteiger partial charge in [0.25, 0.3) is 0 Å². The Morgan fingerprint density at radius 1 is 1.18 bits per heavy atom. The number of alkyl halides is 1. The van der Waals surface area contributed by atoms with Crippen LogP contribution in [0.2, 0.25) is 0 Å². The van der Waals surface area contributed by atoms with Crippen molar-refractivity contribution < 1.29 is 24.2 Å². The fourth-order valence-corrected chi connectivity index (χ4v) is 7.36. The summed E-state index contributed by atoms with van der Waals surface area (Å²) in [4.78, 5) is 47.0. The Morgan fingerprint density at radius 2 is 1.84 bits per heavy atom. The first kappa shape index (κ1) is 28.5. The third kappa shape index (κ3) is 4.73. The second kappa shape index (κ2) is 10.9. The Labute approximate surface area is 233 Å². The van der Waals surface area contributed by atoms with Gasteiger partial charge in [-0.3, -0.25) is 14.4 Å². The number of amides is 3. The van der Waals surface area contributed by atoms with E-state index in [1.165, 1.54) is 4.90 Å². The number of ether oxygens (including phenoxy) is 1. The summed E-state index contributed by atoms with van der Waals surface area (Å²) in [6, 6.07) is 8.72. The SMILES string of the molecule is C=CCN(Cc1ccccc1)C(=O)[C@H]1[C@H]2C(=O)N(CCO)C(C(=O)N(CC=C)C(C)(C)C)C23CC(Br)[C@@H]1O3. The predicted molar refractivity (Wildman–Crippen MR) is 148 cm³/mol. The van der Waals surface area contributed by atoms with Crippen LogP contribution < -0.4 is 0 Å². The van der Waals surface area contributed by atoms with Gasteiger partial charge in [0, 0.05) is 36.5 Å². The number of nitrogens with zero attached hydrogens (tertiary/aromatic N) is 3. The molecule has 3 heterocycles. The lowest BCUT2D eigenvalue weighted by molar-refractivity contribution is -0.152. The summed E-state index contributed by atoms with van der Waals surface area (Å²) >= 11 is 3.72. The van der Waals surface area contributed by atoms with Crippen LogP contribution in [0.3, 0.4) is 0 Å². The average Bonchev–Trinajstić information content (AvgIpc) is 3.45. The maximum Gasteiger partial charge on any atom is 0.249 e. The number of fused-ring (bicyclic) bond motifs is 1. The highest BCUT2D eigenvalue weighted by atomic mass is 79.9. The molecular weight excluding hydrogens is 550 g/mol. The van der Waals surface area contributed by atoms with Crippen LogP contribution in [-0.2, 0) is 25.7 Å². The third-order valence-electron chi connectivity index (χ3n) is 7.91. The lowest BCUT2D eigenvalue weighted by atomic mass is 9.70. The van der Waals surface area contributed by atoms with Gasteiger partial charge in [-0.25, -0.2) is 0 Å². The minimum atomic E-state index is -1.17. The Bertz CT molecular complexity index is 1090. The van der Waals surface area contributed by atoms with Crippen molar-refractivity contribution >= 4 is 33.7 Å². The molecule has 6 atom stereocenters. The van der Waals surface area contributed by atoms with E-state index in [-0.39, 0.29) is 35.7 Å². The highest BCUT2D eigenvalue weighted by molar-refractivity contribution is 9.09. The number of aliphatic hydroxyl groups excluding tert-OH is 1. The molecule has 3 aliphatic rings. The number of halogens is 1. The van der Waals surface area contributed by atoms with Crippen molar-refractivity contribution in [3.05, 3.63) is 61.2 Å². The Balaban J connectivity index is 1.74. The molecule has 3 fully saturated rings. The fourth-order valence-electron chi connectivity index (χ4n) is 6.41. The molecular formula is C29H38BrN3O5. The van der Waals surface area contributed by atoms with Gasteiger partial charge in [0.1, 0.15) is 11.6 Å². The molecule has 1 aromatic rings. The van der Waals surface area contributed by atoms with E-state index in [1.807, 2.05) is 51.1 Å². The number of hydrogen-bond acceptors (Lipinski definition) is 5. The van der Waals surface area contributed by atoms with Crippen LogP contribution in [0, 0.1) is 11.8 Å². The molecule has 4 rings (SSSR count). The summed E-state index contributed by atoms with van der Waals surface area (Å²) < 4.78 is 6.59. The average molecular weight is 589 g/mol. The van der Waals surface area contributed by atoms with E-state index in [4.69, 9.17) is 4.74 Å². The van der Waals surface area contributed by atoms with Gasteiger partial charge in [-0.1, -0.05) is 58.4 Å². The fraction of sp³-hybridized carbons (Fsp3) is 0.552. The molecule has 206 valence electrons. The molecule has 1 aromatic carbocycles. The Kier molecular flexibility index (Phi) is 8.21. The Morgan fingerprint density at radius 3 is 2.42 bits per heavy atom. The second-order valence-corrected chi connectivity index (χ2v) is 12.5. The van der Waals surface area contributed by atoms with Gasteiger partial charge in [0.05, 0.1) is 24.5 Å². The predicted octanol–water partition coefficient (Wildman–Crippen LogP) is 2.75. The molecule has 9 heteroatoms. The molecule has 8 nitrogen and oxygen atoms in total. The number of rotatable bonds is 10. The van der Waals surface area contributed by atoms with Crippen LogP contribution >= 0.6 is 15.9 Å². The Hall–Kier alpha value is -2.49. The van der Waals surface area contributed by atoms with Crippen LogP contribution in [0.1, 0.15) is 32.8 Å². The van der Waals surface area contributed by atoms with Gasteiger partial charge >= 0.3 is 0 Å². The van der Waals surface area contributed by atoms with Crippen molar-refractivity contribution in [2.24, 2.45) is 11.8 Å². The zero-order valence-electron chi connectivity index (χ0n) is 22.4. The van der Waals surface area contributed by atoms with Crippen molar-refractivity contribution in [1.82, 2.24) is 14.7 Å². The highest BCUT2D eigenvalue weighted by Crippen LogP contribution is 2.60. The van der Waals surface area contributed by atoms with E-state index in [2.05, 4.69) is 29.1 Å². The van der Waals surface area contributed by atoms with E-state index in [1.54, 1.807) is 22.0 Å². The molecule has 0 aliphatic carbocycles. The first-order valence-corrected chi connectivity index (χ1v) is 14.0. The first-order valence-electron chi connectivity index (χ1n) is 13.1.